The van der Waals surface area contributed by atoms with E-state index in [9.17, 15) is 14.4 Å². The third-order valence-electron chi connectivity index (χ3n) is 8.85. The van der Waals surface area contributed by atoms with Crippen molar-refractivity contribution < 1.29 is 47.5 Å². The first-order chi connectivity index (χ1) is 20.2. The Bertz CT molecular complexity index is 1470. The largest absolute Gasteiger partial charge is 0.496 e. The zero-order valence-corrected chi connectivity index (χ0v) is 25.3. The summed E-state index contributed by atoms with van der Waals surface area (Å²) < 4.78 is 40.1. The summed E-state index contributed by atoms with van der Waals surface area (Å²) in [5.41, 5.74) is 3.37. The van der Waals surface area contributed by atoms with Crippen molar-refractivity contribution in [2.45, 2.75) is 44.4 Å². The molecule has 0 spiro atoms. The number of fused-ring (bicyclic) bond motifs is 7. The highest BCUT2D eigenvalue weighted by atomic mass is 16.5. The molecule has 3 aliphatic rings. The second-order valence-electron chi connectivity index (χ2n) is 10.5. The molecule has 2 bridgehead atoms. The Balaban J connectivity index is 1.89. The first kappa shape index (κ1) is 29.3. The number of ketones is 1. The smallest absolute Gasteiger partial charge is 0.293 e. The molecule has 1 fully saturated rings. The summed E-state index contributed by atoms with van der Waals surface area (Å²) in [6.45, 7) is 3.73. The van der Waals surface area contributed by atoms with Gasteiger partial charge in [0.2, 0.25) is 5.91 Å². The van der Waals surface area contributed by atoms with Crippen molar-refractivity contribution in [1.82, 2.24) is 9.80 Å². The fraction of sp³-hybridized carbons (Fsp3) is 0.500. The van der Waals surface area contributed by atoms with E-state index in [1.807, 2.05) is 18.9 Å². The van der Waals surface area contributed by atoms with Crippen LogP contribution in [0.1, 0.15) is 50.3 Å². The van der Waals surface area contributed by atoms with E-state index >= 15 is 0 Å². The summed E-state index contributed by atoms with van der Waals surface area (Å²) in [6, 6.07) is -3.21. The summed E-state index contributed by atoms with van der Waals surface area (Å²) >= 11 is 0. The summed E-state index contributed by atoms with van der Waals surface area (Å²) in [5, 5.41) is 0. The molecule has 226 valence electrons. The standard InChI is InChI=1S/C30H36N2O10/c1-13-24(36-4)15-10-16-30(35)32-17(11-42-12-33)19-20(25(37-5)14(2)27(39-7)29(19)41-9)23(34)22(32)21(31(16)3)18(15)28(40-8)26(13)38-6/h12,16-17,21-22H,10-11H2,1-9H3/t16-,17-,21+,22+/m0/s1. The molecule has 0 unspecified atom stereocenters. The number of hydrogen-bond acceptors (Lipinski definition) is 11. The Labute approximate surface area is 244 Å². The van der Waals surface area contributed by atoms with Crippen molar-refractivity contribution in [3.05, 3.63) is 33.4 Å². The maximum Gasteiger partial charge on any atom is 0.293 e. The summed E-state index contributed by atoms with van der Waals surface area (Å²) in [4.78, 5) is 44.2. The highest BCUT2D eigenvalue weighted by Gasteiger charge is 2.60. The molecule has 1 amide bonds. The third-order valence-corrected chi connectivity index (χ3v) is 8.85. The number of ether oxygens (including phenoxy) is 7. The van der Waals surface area contributed by atoms with E-state index in [1.165, 1.54) is 26.2 Å². The fourth-order valence-corrected chi connectivity index (χ4v) is 7.24. The van der Waals surface area contributed by atoms with Gasteiger partial charge in [0, 0.05) is 34.2 Å². The zero-order valence-electron chi connectivity index (χ0n) is 25.3. The van der Waals surface area contributed by atoms with Gasteiger partial charge in [0.25, 0.3) is 6.47 Å². The van der Waals surface area contributed by atoms with Crippen LogP contribution >= 0.6 is 0 Å². The molecule has 0 aliphatic carbocycles. The lowest BCUT2D eigenvalue weighted by atomic mass is 9.72. The molecule has 12 heteroatoms. The van der Waals surface area contributed by atoms with Gasteiger partial charge < -0.3 is 38.1 Å². The minimum absolute atomic E-state index is 0.217. The molecule has 0 N–H and O–H groups in total. The van der Waals surface area contributed by atoms with Crippen LogP contribution in [0.4, 0.5) is 0 Å². The summed E-state index contributed by atoms with van der Waals surface area (Å²) in [6.07, 6.45) is 0.300. The van der Waals surface area contributed by atoms with E-state index in [4.69, 9.17) is 33.2 Å². The van der Waals surface area contributed by atoms with Gasteiger partial charge in [0.1, 0.15) is 24.1 Å². The second-order valence-corrected chi connectivity index (χ2v) is 10.5. The molecular weight excluding hydrogens is 548 g/mol. The maximum absolute atomic E-state index is 14.8. The van der Waals surface area contributed by atoms with Crippen LogP contribution in [0, 0.1) is 13.8 Å². The number of nitrogens with zero attached hydrogens (tertiary/aromatic N) is 2. The van der Waals surface area contributed by atoms with Crippen LogP contribution in [0.2, 0.25) is 0 Å². The van der Waals surface area contributed by atoms with Gasteiger partial charge in [-0.15, -0.1) is 0 Å². The molecule has 3 aliphatic heterocycles. The molecule has 1 saturated heterocycles. The molecule has 4 atom stereocenters. The van der Waals surface area contributed by atoms with Gasteiger partial charge >= 0.3 is 0 Å². The zero-order chi connectivity index (χ0) is 30.6. The predicted octanol–water partition coefficient (Wildman–Crippen LogP) is 2.57. The van der Waals surface area contributed by atoms with Gasteiger partial charge in [-0.25, -0.2) is 0 Å². The Kier molecular flexibility index (Phi) is 7.61. The van der Waals surface area contributed by atoms with Gasteiger partial charge in [0.05, 0.1) is 66.3 Å². The predicted molar refractivity (Wildman–Crippen MR) is 149 cm³/mol. The number of methoxy groups -OCH3 is 6. The lowest BCUT2D eigenvalue weighted by Gasteiger charge is -2.56. The van der Waals surface area contributed by atoms with E-state index in [0.717, 1.165) is 11.1 Å². The normalized spacial score (nSPS) is 22.5. The Morgan fingerprint density at radius 3 is 1.79 bits per heavy atom. The molecule has 5 rings (SSSR count). The number of piperazine rings is 1. The average molecular weight is 585 g/mol. The third kappa shape index (κ3) is 3.73. The Morgan fingerprint density at radius 2 is 1.26 bits per heavy atom. The first-order valence-electron chi connectivity index (χ1n) is 13.5. The number of rotatable bonds is 9. The van der Waals surface area contributed by atoms with Gasteiger partial charge in [-0.1, -0.05) is 0 Å². The Morgan fingerprint density at radius 1 is 0.738 bits per heavy atom. The van der Waals surface area contributed by atoms with Crippen molar-refractivity contribution in [3.8, 4) is 34.5 Å². The molecular formula is C30H36N2O10. The molecule has 0 saturated carbocycles. The minimum atomic E-state index is -1.04. The van der Waals surface area contributed by atoms with E-state index in [2.05, 4.69) is 0 Å². The molecule has 12 nitrogen and oxygen atoms in total. The lowest BCUT2D eigenvalue weighted by molar-refractivity contribution is -0.157. The van der Waals surface area contributed by atoms with Gasteiger partial charge in [-0.3, -0.25) is 19.3 Å². The summed E-state index contributed by atoms with van der Waals surface area (Å²) in [7, 11) is 10.9. The van der Waals surface area contributed by atoms with Crippen LogP contribution in [0.5, 0.6) is 34.5 Å². The molecule has 3 heterocycles. The second kappa shape index (κ2) is 10.9. The highest BCUT2D eigenvalue weighted by Crippen LogP contribution is 2.58. The van der Waals surface area contributed by atoms with Crippen LogP contribution in [0.25, 0.3) is 0 Å². The van der Waals surface area contributed by atoms with Gasteiger partial charge in [0.15, 0.2) is 28.8 Å². The number of carbonyl (C=O) groups is 3. The molecule has 0 radical (unpaired) electrons. The SMILES string of the molecule is COc1c(C)c(OC)c(OC)c2c1C[C@H]1C(=O)N3[C@@H](COC=O)c4c(OC)c(OC)c(C)c(OC)c4C(=O)[C@H]3[C@@H]2N1C. The van der Waals surface area contributed by atoms with Crippen molar-refractivity contribution in [1.29, 1.82) is 0 Å². The van der Waals surface area contributed by atoms with Crippen LogP contribution in [0.3, 0.4) is 0 Å². The minimum Gasteiger partial charge on any atom is -0.496 e. The van der Waals surface area contributed by atoms with Crippen LogP contribution in [0.15, 0.2) is 0 Å². The first-order valence-corrected chi connectivity index (χ1v) is 13.5. The van der Waals surface area contributed by atoms with Crippen molar-refractivity contribution in [2.24, 2.45) is 0 Å². The van der Waals surface area contributed by atoms with E-state index in [0.29, 0.717) is 58.3 Å². The number of likely N-dealkylation sites (N-methyl/N-ethyl adjacent to an activating group) is 1. The van der Waals surface area contributed by atoms with E-state index in [-0.39, 0.29) is 29.6 Å². The molecule has 2 aromatic rings. The number of amides is 1. The van der Waals surface area contributed by atoms with Gasteiger partial charge in [-0.2, -0.15) is 0 Å². The molecule has 2 aromatic carbocycles. The van der Waals surface area contributed by atoms with Crippen molar-refractivity contribution >= 4 is 18.2 Å². The van der Waals surface area contributed by atoms with Crippen LogP contribution in [-0.4, -0.2) is 96.4 Å². The lowest BCUT2D eigenvalue weighted by Crippen LogP contribution is -2.68. The van der Waals surface area contributed by atoms with Gasteiger partial charge in [-0.05, 0) is 20.9 Å². The Hall–Kier alpha value is -4.19. The van der Waals surface area contributed by atoms with Crippen LogP contribution < -0.4 is 28.4 Å². The number of carbonyl (C=O) groups excluding carboxylic acids is 3. The quantitative estimate of drug-likeness (QED) is 0.404. The molecule has 42 heavy (non-hydrogen) atoms. The van der Waals surface area contributed by atoms with E-state index in [1.54, 1.807) is 28.3 Å². The number of benzene rings is 2. The average Bonchev–Trinajstić information content (AvgIpc) is 2.98. The van der Waals surface area contributed by atoms with Crippen molar-refractivity contribution in [2.75, 3.05) is 56.3 Å². The van der Waals surface area contributed by atoms with Crippen LogP contribution in [-0.2, 0) is 20.7 Å². The van der Waals surface area contributed by atoms with Crippen molar-refractivity contribution in [3.63, 3.8) is 0 Å². The molecule has 0 aromatic heterocycles. The van der Waals surface area contributed by atoms with E-state index < -0.39 is 24.2 Å². The fourth-order valence-electron chi connectivity index (χ4n) is 7.24. The number of Topliss-reactive ketones (excluding diaryl/α,β-unsaturated/α-hetero) is 1. The highest BCUT2D eigenvalue weighted by molar-refractivity contribution is 6.10. The maximum atomic E-state index is 14.8. The monoisotopic (exact) mass is 584 g/mol. The number of hydrogen-bond donors (Lipinski definition) is 0. The topological polar surface area (TPSA) is 122 Å². The summed E-state index contributed by atoms with van der Waals surface area (Å²) in [5.74, 6) is 1.79.